The quantitative estimate of drug-likeness (QED) is 0.276. The highest BCUT2D eigenvalue weighted by atomic mass is 35.5. The van der Waals surface area contributed by atoms with E-state index in [-0.39, 0.29) is 0 Å². The summed E-state index contributed by atoms with van der Waals surface area (Å²) in [5.41, 5.74) is 3.31. The van der Waals surface area contributed by atoms with Crippen LogP contribution in [0, 0.1) is 0 Å². The Morgan fingerprint density at radius 3 is 1.48 bits per heavy atom. The molecule has 0 radical (unpaired) electrons. The molecule has 2 aromatic heterocycles. The number of anilines is 2. The molecule has 3 nitrogen and oxygen atoms in total. The lowest BCUT2D eigenvalue weighted by Gasteiger charge is -2.14. The molecule has 5 heteroatoms. The molecule has 0 aliphatic carbocycles. The Morgan fingerprint density at radius 2 is 1.00 bits per heavy atom. The molecule has 4 aromatic carbocycles. The van der Waals surface area contributed by atoms with Gasteiger partial charge in [0.25, 0.3) is 0 Å². The van der Waals surface area contributed by atoms with E-state index >= 15 is 0 Å². The molecular weight excluding hydrogens is 425 g/mol. The van der Waals surface area contributed by atoms with Crippen LogP contribution in [0.3, 0.4) is 0 Å². The Morgan fingerprint density at radius 1 is 0.548 bits per heavy atom. The van der Waals surface area contributed by atoms with Crippen molar-refractivity contribution in [2.24, 2.45) is 0 Å². The average molecular weight is 440 g/mol. The van der Waals surface area contributed by atoms with E-state index in [4.69, 9.17) is 33.2 Å². The van der Waals surface area contributed by atoms with Gasteiger partial charge in [0, 0.05) is 44.0 Å². The second kappa shape index (κ2) is 7.09. The number of pyridine rings is 2. The molecule has 0 amide bonds. The molecule has 2 heterocycles. The molecule has 148 valence electrons. The van der Waals surface area contributed by atoms with Gasteiger partial charge in [-0.15, -0.1) is 0 Å². The maximum absolute atomic E-state index is 6.51. The van der Waals surface area contributed by atoms with Crippen LogP contribution in [0.5, 0.6) is 0 Å². The molecule has 6 aromatic rings. The van der Waals surface area contributed by atoms with Gasteiger partial charge in [0.1, 0.15) is 0 Å². The number of hydrogen-bond donors (Lipinski definition) is 1. The van der Waals surface area contributed by atoms with E-state index in [1.165, 1.54) is 0 Å². The Balaban J connectivity index is 1.60. The van der Waals surface area contributed by atoms with Crippen LogP contribution in [0.2, 0.25) is 10.0 Å². The predicted octanol–water partition coefficient (Wildman–Crippen LogP) is 8.14. The van der Waals surface area contributed by atoms with E-state index in [0.717, 1.165) is 54.7 Å². The SMILES string of the molecule is Clc1cc(Nc2cc(Cl)cc3c2ncc2ccccc23)c2ncc3ccccc3c2c1. The van der Waals surface area contributed by atoms with Gasteiger partial charge >= 0.3 is 0 Å². The van der Waals surface area contributed by atoms with Gasteiger partial charge in [-0.2, -0.15) is 0 Å². The van der Waals surface area contributed by atoms with Crippen molar-refractivity contribution in [2.75, 3.05) is 5.32 Å². The van der Waals surface area contributed by atoms with Gasteiger partial charge < -0.3 is 5.32 Å². The summed E-state index contributed by atoms with van der Waals surface area (Å²) in [6.07, 6.45) is 3.77. The standard InChI is InChI=1S/C26H15Cl2N3/c27-17-9-21-19-7-3-1-5-15(19)13-29-25(21)23(11-17)31-24-12-18(28)10-22-20-8-4-2-6-16(20)14-30-26(22)24/h1-14,31H. The van der Waals surface area contributed by atoms with E-state index in [1.807, 2.05) is 60.9 Å². The molecule has 0 atom stereocenters. The van der Waals surface area contributed by atoms with Crippen molar-refractivity contribution < 1.29 is 0 Å². The molecular formula is C26H15Cl2N3. The maximum Gasteiger partial charge on any atom is 0.0944 e. The highest BCUT2D eigenvalue weighted by Crippen LogP contribution is 2.37. The minimum atomic E-state index is 0.637. The molecule has 31 heavy (non-hydrogen) atoms. The second-order valence-electron chi connectivity index (χ2n) is 7.51. The van der Waals surface area contributed by atoms with Gasteiger partial charge in [-0.1, -0.05) is 71.7 Å². The second-order valence-corrected chi connectivity index (χ2v) is 8.39. The van der Waals surface area contributed by atoms with E-state index < -0.39 is 0 Å². The van der Waals surface area contributed by atoms with Crippen LogP contribution in [-0.4, -0.2) is 9.97 Å². The molecule has 0 aliphatic rings. The molecule has 0 saturated heterocycles. The molecule has 6 rings (SSSR count). The minimum absolute atomic E-state index is 0.637. The van der Waals surface area contributed by atoms with Crippen LogP contribution in [0.4, 0.5) is 11.4 Å². The van der Waals surface area contributed by atoms with Crippen molar-refractivity contribution in [3.8, 4) is 0 Å². The zero-order valence-corrected chi connectivity index (χ0v) is 17.7. The van der Waals surface area contributed by atoms with Crippen molar-refractivity contribution in [1.82, 2.24) is 9.97 Å². The highest BCUT2D eigenvalue weighted by molar-refractivity contribution is 6.33. The first-order valence-electron chi connectivity index (χ1n) is 9.88. The molecule has 0 saturated carbocycles. The van der Waals surface area contributed by atoms with Crippen LogP contribution in [0.1, 0.15) is 0 Å². The van der Waals surface area contributed by atoms with Gasteiger partial charge in [-0.3, -0.25) is 9.97 Å². The molecule has 0 fully saturated rings. The highest BCUT2D eigenvalue weighted by Gasteiger charge is 2.13. The van der Waals surface area contributed by atoms with Crippen molar-refractivity contribution in [3.05, 3.63) is 95.2 Å². The Kier molecular flexibility index (Phi) is 4.20. The number of halogens is 2. The lowest BCUT2D eigenvalue weighted by atomic mass is 10.0. The molecule has 0 unspecified atom stereocenters. The lowest BCUT2D eigenvalue weighted by Crippen LogP contribution is -1.96. The van der Waals surface area contributed by atoms with Crippen LogP contribution >= 0.6 is 23.2 Å². The average Bonchev–Trinajstić information content (AvgIpc) is 2.78. The number of aromatic nitrogens is 2. The first kappa shape index (κ1) is 18.4. The van der Waals surface area contributed by atoms with E-state index in [1.54, 1.807) is 0 Å². The number of benzene rings is 4. The van der Waals surface area contributed by atoms with E-state index in [9.17, 15) is 0 Å². The number of hydrogen-bond acceptors (Lipinski definition) is 3. The summed E-state index contributed by atoms with van der Waals surface area (Å²) in [6.45, 7) is 0. The zero-order valence-electron chi connectivity index (χ0n) is 16.2. The molecule has 0 bridgehead atoms. The number of nitrogens with one attached hydrogen (secondary N) is 1. The molecule has 0 aliphatic heterocycles. The van der Waals surface area contributed by atoms with Crippen LogP contribution in [0.25, 0.3) is 43.4 Å². The normalized spacial score (nSPS) is 11.5. The topological polar surface area (TPSA) is 37.8 Å². The summed E-state index contributed by atoms with van der Waals surface area (Å²) >= 11 is 13.0. The molecule has 0 spiro atoms. The summed E-state index contributed by atoms with van der Waals surface area (Å²) in [5.74, 6) is 0. The number of rotatable bonds is 2. The fourth-order valence-electron chi connectivity index (χ4n) is 4.20. The fraction of sp³-hybridized carbons (Fsp3) is 0. The summed E-state index contributed by atoms with van der Waals surface area (Å²) in [5, 5.41) is 11.1. The van der Waals surface area contributed by atoms with E-state index in [2.05, 4.69) is 29.6 Å². The Bertz CT molecular complexity index is 1520. The minimum Gasteiger partial charge on any atom is -0.352 e. The predicted molar refractivity (Wildman–Crippen MR) is 132 cm³/mol. The third kappa shape index (κ3) is 3.05. The fourth-order valence-corrected chi connectivity index (χ4v) is 4.64. The summed E-state index contributed by atoms with van der Waals surface area (Å²) < 4.78 is 0. The van der Waals surface area contributed by atoms with Gasteiger partial charge in [-0.05, 0) is 35.0 Å². The smallest absolute Gasteiger partial charge is 0.0944 e. The molecule has 1 N–H and O–H groups in total. The largest absolute Gasteiger partial charge is 0.352 e. The van der Waals surface area contributed by atoms with Crippen molar-refractivity contribution in [2.45, 2.75) is 0 Å². The maximum atomic E-state index is 6.51. The third-order valence-corrected chi connectivity index (χ3v) is 6.02. The monoisotopic (exact) mass is 439 g/mol. The third-order valence-electron chi connectivity index (χ3n) is 5.59. The van der Waals surface area contributed by atoms with Gasteiger partial charge in [0.15, 0.2) is 0 Å². The van der Waals surface area contributed by atoms with Gasteiger partial charge in [0.2, 0.25) is 0 Å². The van der Waals surface area contributed by atoms with Crippen LogP contribution in [-0.2, 0) is 0 Å². The first-order chi connectivity index (χ1) is 15.2. The van der Waals surface area contributed by atoms with E-state index in [0.29, 0.717) is 10.0 Å². The first-order valence-corrected chi connectivity index (χ1v) is 10.6. The van der Waals surface area contributed by atoms with Gasteiger partial charge in [-0.25, -0.2) is 0 Å². The van der Waals surface area contributed by atoms with Crippen LogP contribution < -0.4 is 5.32 Å². The summed E-state index contributed by atoms with van der Waals surface area (Å²) in [7, 11) is 0. The van der Waals surface area contributed by atoms with Crippen molar-refractivity contribution >= 4 is 77.9 Å². The van der Waals surface area contributed by atoms with Crippen molar-refractivity contribution in [3.63, 3.8) is 0 Å². The summed E-state index contributed by atoms with van der Waals surface area (Å²) in [4.78, 5) is 9.45. The van der Waals surface area contributed by atoms with Crippen molar-refractivity contribution in [1.29, 1.82) is 0 Å². The Labute approximate surface area is 188 Å². The number of fused-ring (bicyclic) bond motifs is 6. The Hall–Kier alpha value is -3.40. The summed E-state index contributed by atoms with van der Waals surface area (Å²) in [6, 6.07) is 24.0. The van der Waals surface area contributed by atoms with Gasteiger partial charge in [0.05, 0.1) is 22.4 Å². The van der Waals surface area contributed by atoms with Crippen LogP contribution in [0.15, 0.2) is 85.2 Å². The lowest BCUT2D eigenvalue weighted by molar-refractivity contribution is 1.41. The number of nitrogens with zero attached hydrogens (tertiary/aromatic N) is 2. The zero-order chi connectivity index (χ0) is 20.9.